The second-order valence-corrected chi connectivity index (χ2v) is 6.72. The van der Waals surface area contributed by atoms with Gasteiger partial charge in [0.2, 0.25) is 0 Å². The number of thiophene rings is 1. The summed E-state index contributed by atoms with van der Waals surface area (Å²) in [6.45, 7) is 9.63. The summed E-state index contributed by atoms with van der Waals surface area (Å²) >= 11 is 3.65. The van der Waals surface area contributed by atoms with Crippen molar-refractivity contribution in [1.29, 1.82) is 0 Å². The molecule has 2 nitrogen and oxygen atoms in total. The first-order chi connectivity index (χ1) is 8.63. The molecular formula is C14H20N2S2. The summed E-state index contributed by atoms with van der Waals surface area (Å²) in [7, 11) is 0. The van der Waals surface area contributed by atoms with Gasteiger partial charge < -0.3 is 5.32 Å². The third-order valence-electron chi connectivity index (χ3n) is 2.96. The highest BCUT2D eigenvalue weighted by Gasteiger charge is 2.21. The molecule has 0 radical (unpaired) electrons. The molecule has 18 heavy (non-hydrogen) atoms. The summed E-state index contributed by atoms with van der Waals surface area (Å²) in [6.07, 6.45) is 1.15. The molecule has 0 aliphatic carbocycles. The molecule has 1 N–H and O–H groups in total. The maximum atomic E-state index is 4.56. The number of rotatable bonds is 5. The largest absolute Gasteiger partial charge is 0.305 e. The molecule has 0 aliphatic rings. The van der Waals surface area contributed by atoms with E-state index in [1.54, 1.807) is 0 Å². The summed E-state index contributed by atoms with van der Waals surface area (Å²) in [5.74, 6) is 0. The van der Waals surface area contributed by atoms with Gasteiger partial charge in [-0.25, -0.2) is 4.98 Å². The van der Waals surface area contributed by atoms with Crippen LogP contribution in [0.15, 0.2) is 11.4 Å². The van der Waals surface area contributed by atoms with Crippen LogP contribution >= 0.6 is 22.7 Å². The molecule has 0 bridgehead atoms. The van der Waals surface area contributed by atoms with Crippen molar-refractivity contribution in [2.45, 2.75) is 40.2 Å². The molecule has 1 atom stereocenters. The normalized spacial score (nSPS) is 12.9. The van der Waals surface area contributed by atoms with Gasteiger partial charge in [0.05, 0.1) is 16.7 Å². The number of aryl methyl sites for hydroxylation is 3. The second kappa shape index (κ2) is 5.95. The molecule has 0 spiro atoms. The first-order valence-corrected chi connectivity index (χ1v) is 8.04. The van der Waals surface area contributed by atoms with Crippen LogP contribution in [0.1, 0.15) is 45.4 Å². The first kappa shape index (κ1) is 13.7. The van der Waals surface area contributed by atoms with E-state index >= 15 is 0 Å². The van der Waals surface area contributed by atoms with E-state index in [0.29, 0.717) is 6.04 Å². The van der Waals surface area contributed by atoms with Gasteiger partial charge in [-0.2, -0.15) is 0 Å². The Morgan fingerprint density at radius 1 is 1.28 bits per heavy atom. The lowest BCUT2D eigenvalue weighted by atomic mass is 10.1. The van der Waals surface area contributed by atoms with Crippen LogP contribution in [-0.4, -0.2) is 11.5 Å². The lowest BCUT2D eigenvalue weighted by Gasteiger charge is -2.17. The van der Waals surface area contributed by atoms with Crippen molar-refractivity contribution in [2.24, 2.45) is 0 Å². The lowest BCUT2D eigenvalue weighted by molar-refractivity contribution is 0.608. The van der Waals surface area contributed by atoms with Crippen molar-refractivity contribution in [2.75, 3.05) is 6.54 Å². The quantitative estimate of drug-likeness (QED) is 0.887. The molecule has 4 heteroatoms. The summed E-state index contributed by atoms with van der Waals surface area (Å²) in [6, 6.07) is 2.51. The topological polar surface area (TPSA) is 24.9 Å². The van der Waals surface area contributed by atoms with Gasteiger partial charge in [0.25, 0.3) is 0 Å². The Morgan fingerprint density at radius 2 is 2.06 bits per heavy atom. The lowest BCUT2D eigenvalue weighted by Crippen LogP contribution is -2.22. The smallest absolute Gasteiger partial charge is 0.0900 e. The molecule has 2 rings (SSSR count). The zero-order chi connectivity index (χ0) is 13.1. The van der Waals surface area contributed by atoms with Crippen molar-refractivity contribution in [1.82, 2.24) is 10.3 Å². The van der Waals surface area contributed by atoms with E-state index in [0.717, 1.165) is 18.0 Å². The van der Waals surface area contributed by atoms with Crippen LogP contribution in [0.4, 0.5) is 0 Å². The van der Waals surface area contributed by atoms with Gasteiger partial charge in [-0.05, 0) is 50.7 Å². The number of hydrogen-bond donors (Lipinski definition) is 1. The maximum absolute atomic E-state index is 4.56. The van der Waals surface area contributed by atoms with Crippen molar-refractivity contribution >= 4 is 22.7 Å². The maximum Gasteiger partial charge on any atom is 0.0900 e. The third kappa shape index (κ3) is 2.82. The number of nitrogens with one attached hydrogen (secondary N) is 1. The Balaban J connectivity index is 2.37. The molecule has 2 aromatic heterocycles. The Bertz CT molecular complexity index is 514. The van der Waals surface area contributed by atoms with Gasteiger partial charge in [0.1, 0.15) is 0 Å². The van der Waals surface area contributed by atoms with E-state index in [1.807, 2.05) is 22.7 Å². The molecule has 0 fully saturated rings. The predicted molar refractivity (Wildman–Crippen MR) is 80.8 cm³/mol. The van der Waals surface area contributed by atoms with Crippen molar-refractivity contribution in [3.63, 3.8) is 0 Å². The van der Waals surface area contributed by atoms with Gasteiger partial charge in [-0.1, -0.05) is 6.92 Å². The van der Waals surface area contributed by atoms with E-state index in [1.165, 1.54) is 21.0 Å². The minimum absolute atomic E-state index is 0.316. The van der Waals surface area contributed by atoms with Gasteiger partial charge in [-0.3, -0.25) is 0 Å². The van der Waals surface area contributed by atoms with E-state index in [9.17, 15) is 0 Å². The fourth-order valence-electron chi connectivity index (χ4n) is 2.09. The molecule has 1 unspecified atom stereocenters. The minimum atomic E-state index is 0.316. The highest BCUT2D eigenvalue weighted by Crippen LogP contribution is 2.34. The van der Waals surface area contributed by atoms with Crippen LogP contribution in [-0.2, 0) is 0 Å². The van der Waals surface area contributed by atoms with Crippen LogP contribution in [0.25, 0.3) is 0 Å². The van der Waals surface area contributed by atoms with E-state index < -0.39 is 0 Å². The highest BCUT2D eigenvalue weighted by molar-refractivity contribution is 7.12. The molecule has 98 valence electrons. The number of aromatic nitrogens is 1. The number of thiazole rings is 1. The molecule has 2 aromatic rings. The second-order valence-electron chi connectivity index (χ2n) is 4.54. The van der Waals surface area contributed by atoms with Crippen LogP contribution in [0.3, 0.4) is 0 Å². The fourth-order valence-corrected chi connectivity index (χ4v) is 4.19. The van der Waals surface area contributed by atoms with Crippen LogP contribution in [0.5, 0.6) is 0 Å². The molecule has 0 aromatic carbocycles. The average Bonchev–Trinajstić information content (AvgIpc) is 2.87. The van der Waals surface area contributed by atoms with Gasteiger partial charge in [0.15, 0.2) is 0 Å². The van der Waals surface area contributed by atoms with Crippen molar-refractivity contribution in [3.8, 4) is 0 Å². The van der Waals surface area contributed by atoms with Gasteiger partial charge in [0, 0.05) is 9.75 Å². The zero-order valence-corrected chi connectivity index (χ0v) is 13.0. The number of hydrogen-bond acceptors (Lipinski definition) is 4. The van der Waals surface area contributed by atoms with Crippen LogP contribution in [0, 0.1) is 20.8 Å². The predicted octanol–water partition coefficient (Wildman–Crippen LogP) is 4.22. The summed E-state index contributed by atoms with van der Waals surface area (Å²) in [5, 5.41) is 6.99. The van der Waals surface area contributed by atoms with Gasteiger partial charge in [-0.15, -0.1) is 22.7 Å². The first-order valence-electron chi connectivity index (χ1n) is 6.34. The molecule has 0 saturated heterocycles. The van der Waals surface area contributed by atoms with Crippen LogP contribution in [0.2, 0.25) is 0 Å². The molecule has 0 aliphatic heterocycles. The van der Waals surface area contributed by atoms with Gasteiger partial charge >= 0.3 is 0 Å². The summed E-state index contributed by atoms with van der Waals surface area (Å²) < 4.78 is 0. The SMILES string of the molecule is CCCNC(c1sccc1C)c1sc(C)nc1C. The van der Waals surface area contributed by atoms with E-state index in [2.05, 4.69) is 49.4 Å². The Hall–Kier alpha value is -0.710. The Labute approximate surface area is 117 Å². The summed E-state index contributed by atoms with van der Waals surface area (Å²) in [5.41, 5.74) is 2.54. The molecule has 2 heterocycles. The molecular weight excluding hydrogens is 260 g/mol. The fraction of sp³-hybridized carbons (Fsp3) is 0.500. The van der Waals surface area contributed by atoms with Crippen molar-refractivity contribution < 1.29 is 0 Å². The van der Waals surface area contributed by atoms with E-state index in [4.69, 9.17) is 0 Å². The molecule has 0 amide bonds. The molecule has 0 saturated carbocycles. The van der Waals surface area contributed by atoms with E-state index in [-0.39, 0.29) is 0 Å². The third-order valence-corrected chi connectivity index (χ3v) is 5.19. The Kier molecular flexibility index (Phi) is 4.54. The minimum Gasteiger partial charge on any atom is -0.305 e. The summed E-state index contributed by atoms with van der Waals surface area (Å²) in [4.78, 5) is 7.36. The standard InChI is InChI=1S/C14H20N2S2/c1-5-7-15-12(13-9(2)6-8-17-13)14-10(3)16-11(4)18-14/h6,8,12,15H,5,7H2,1-4H3. The monoisotopic (exact) mass is 280 g/mol. The number of nitrogens with zero attached hydrogens (tertiary/aromatic N) is 1. The van der Waals surface area contributed by atoms with Crippen LogP contribution < -0.4 is 5.32 Å². The zero-order valence-electron chi connectivity index (χ0n) is 11.4. The average molecular weight is 280 g/mol. The van der Waals surface area contributed by atoms with Crippen molar-refractivity contribution in [3.05, 3.63) is 37.5 Å². The highest BCUT2D eigenvalue weighted by atomic mass is 32.1. The Morgan fingerprint density at radius 3 is 2.56 bits per heavy atom.